The SMILES string of the molecule is Cc1ccc(N2C[C@@H](c3nnc(NC(=O)CS(=O)(=O)c4ccccc4)s3)CC2=O)cc1. The zero-order valence-electron chi connectivity index (χ0n) is 16.7. The molecular formula is C21H20N4O4S2. The van der Waals surface area contributed by atoms with Crippen LogP contribution in [0.1, 0.15) is 22.9 Å². The van der Waals surface area contributed by atoms with Crippen molar-refractivity contribution in [1.29, 1.82) is 0 Å². The first-order valence-corrected chi connectivity index (χ1v) is 12.1. The minimum absolute atomic E-state index is 0.00333. The average Bonchev–Trinajstić information content (AvgIpc) is 3.35. The number of carbonyl (C=O) groups is 2. The molecule has 1 aromatic heterocycles. The Balaban J connectivity index is 1.40. The number of aryl methyl sites for hydroxylation is 1. The highest BCUT2D eigenvalue weighted by Gasteiger charge is 2.34. The second-order valence-electron chi connectivity index (χ2n) is 7.31. The van der Waals surface area contributed by atoms with E-state index in [1.54, 1.807) is 23.1 Å². The van der Waals surface area contributed by atoms with Crippen LogP contribution in [0.15, 0.2) is 59.5 Å². The van der Waals surface area contributed by atoms with E-state index >= 15 is 0 Å². The molecule has 1 saturated heterocycles. The summed E-state index contributed by atoms with van der Waals surface area (Å²) in [6.45, 7) is 2.47. The topological polar surface area (TPSA) is 109 Å². The van der Waals surface area contributed by atoms with E-state index in [-0.39, 0.29) is 21.9 Å². The molecule has 0 spiro atoms. The van der Waals surface area contributed by atoms with Gasteiger partial charge in [0.05, 0.1) is 4.90 Å². The Labute approximate surface area is 183 Å². The highest BCUT2D eigenvalue weighted by molar-refractivity contribution is 7.92. The molecule has 1 fully saturated rings. The van der Waals surface area contributed by atoms with Gasteiger partial charge in [0, 0.05) is 24.6 Å². The van der Waals surface area contributed by atoms with Crippen LogP contribution in [0.25, 0.3) is 0 Å². The number of nitrogens with one attached hydrogen (secondary N) is 1. The van der Waals surface area contributed by atoms with Crippen LogP contribution >= 0.6 is 11.3 Å². The largest absolute Gasteiger partial charge is 0.312 e. The molecule has 2 amide bonds. The third-order valence-electron chi connectivity index (χ3n) is 4.93. The van der Waals surface area contributed by atoms with Crippen LogP contribution in [0.3, 0.4) is 0 Å². The summed E-state index contributed by atoms with van der Waals surface area (Å²) < 4.78 is 24.7. The van der Waals surface area contributed by atoms with Gasteiger partial charge in [-0.2, -0.15) is 0 Å². The number of nitrogens with zero attached hydrogens (tertiary/aromatic N) is 3. The second kappa shape index (κ2) is 8.56. The first kappa shape index (κ1) is 21.1. The molecule has 0 radical (unpaired) electrons. The third kappa shape index (κ3) is 4.80. The van der Waals surface area contributed by atoms with Crippen LogP contribution in [0.4, 0.5) is 10.8 Å². The molecule has 1 atom stereocenters. The Morgan fingerprint density at radius 1 is 1.13 bits per heavy atom. The molecule has 0 unspecified atom stereocenters. The smallest absolute Gasteiger partial charge is 0.241 e. The van der Waals surface area contributed by atoms with E-state index in [1.807, 2.05) is 31.2 Å². The molecule has 1 aliphatic rings. The monoisotopic (exact) mass is 456 g/mol. The fraction of sp³-hybridized carbons (Fsp3) is 0.238. The van der Waals surface area contributed by atoms with Gasteiger partial charge >= 0.3 is 0 Å². The predicted molar refractivity (Wildman–Crippen MR) is 118 cm³/mol. The molecule has 4 rings (SSSR count). The molecule has 10 heteroatoms. The molecule has 8 nitrogen and oxygen atoms in total. The van der Waals surface area contributed by atoms with Crippen LogP contribution in [0.2, 0.25) is 0 Å². The van der Waals surface area contributed by atoms with Gasteiger partial charge in [0.15, 0.2) is 9.84 Å². The van der Waals surface area contributed by atoms with Crippen molar-refractivity contribution in [2.75, 3.05) is 22.5 Å². The molecule has 2 aromatic carbocycles. The van der Waals surface area contributed by atoms with E-state index in [1.165, 1.54) is 12.1 Å². The lowest BCUT2D eigenvalue weighted by Crippen LogP contribution is -2.24. The Bertz CT molecular complexity index is 1210. The molecule has 0 aliphatic carbocycles. The summed E-state index contributed by atoms with van der Waals surface area (Å²) in [6, 6.07) is 15.5. The van der Waals surface area contributed by atoms with E-state index in [0.29, 0.717) is 18.0 Å². The zero-order valence-corrected chi connectivity index (χ0v) is 18.3. The van der Waals surface area contributed by atoms with E-state index in [0.717, 1.165) is 22.6 Å². The van der Waals surface area contributed by atoms with Crippen molar-refractivity contribution >= 4 is 43.8 Å². The van der Waals surface area contributed by atoms with Crippen molar-refractivity contribution in [3.8, 4) is 0 Å². The molecule has 1 N–H and O–H groups in total. The Morgan fingerprint density at radius 2 is 1.84 bits per heavy atom. The number of benzene rings is 2. The Morgan fingerprint density at radius 3 is 2.55 bits per heavy atom. The summed E-state index contributed by atoms with van der Waals surface area (Å²) in [6.07, 6.45) is 0.304. The van der Waals surface area contributed by atoms with Crippen LogP contribution in [-0.2, 0) is 19.4 Å². The van der Waals surface area contributed by atoms with Gasteiger partial charge < -0.3 is 4.90 Å². The average molecular weight is 457 g/mol. The van der Waals surface area contributed by atoms with Crippen molar-refractivity contribution in [3.63, 3.8) is 0 Å². The number of anilines is 2. The fourth-order valence-electron chi connectivity index (χ4n) is 3.34. The molecule has 2 heterocycles. The van der Waals surface area contributed by atoms with Crippen molar-refractivity contribution < 1.29 is 18.0 Å². The van der Waals surface area contributed by atoms with Crippen molar-refractivity contribution in [3.05, 3.63) is 65.2 Å². The van der Waals surface area contributed by atoms with Gasteiger partial charge in [-0.25, -0.2) is 8.42 Å². The van der Waals surface area contributed by atoms with Crippen LogP contribution < -0.4 is 10.2 Å². The van der Waals surface area contributed by atoms with Crippen molar-refractivity contribution in [2.24, 2.45) is 0 Å². The predicted octanol–water partition coefficient (Wildman–Crippen LogP) is 2.78. The summed E-state index contributed by atoms with van der Waals surface area (Å²) in [5.41, 5.74) is 1.95. The number of hydrogen-bond acceptors (Lipinski definition) is 7. The summed E-state index contributed by atoms with van der Waals surface area (Å²) in [5.74, 6) is -1.50. The first-order chi connectivity index (χ1) is 14.8. The number of amides is 2. The maximum Gasteiger partial charge on any atom is 0.241 e. The lowest BCUT2D eigenvalue weighted by molar-refractivity contribution is -0.117. The normalized spacial score (nSPS) is 16.5. The number of aromatic nitrogens is 2. The number of rotatable bonds is 6. The van der Waals surface area contributed by atoms with Gasteiger partial charge in [0.2, 0.25) is 16.9 Å². The second-order valence-corrected chi connectivity index (χ2v) is 10.3. The maximum atomic E-state index is 12.5. The molecule has 31 heavy (non-hydrogen) atoms. The highest BCUT2D eigenvalue weighted by atomic mass is 32.2. The van der Waals surface area contributed by atoms with Crippen LogP contribution in [-0.4, -0.2) is 42.7 Å². The third-order valence-corrected chi connectivity index (χ3v) is 7.56. The summed E-state index contributed by atoms with van der Waals surface area (Å²) in [7, 11) is -3.74. The zero-order chi connectivity index (χ0) is 22.0. The molecule has 1 aliphatic heterocycles. The van der Waals surface area contributed by atoms with Gasteiger partial charge in [-0.3, -0.25) is 14.9 Å². The number of carbonyl (C=O) groups excluding carboxylic acids is 2. The van der Waals surface area contributed by atoms with Crippen LogP contribution in [0.5, 0.6) is 0 Å². The molecule has 3 aromatic rings. The quantitative estimate of drug-likeness (QED) is 0.611. The van der Waals surface area contributed by atoms with Crippen molar-refractivity contribution in [1.82, 2.24) is 10.2 Å². The Kier molecular flexibility index (Phi) is 5.84. The van der Waals surface area contributed by atoms with E-state index in [4.69, 9.17) is 0 Å². The fourth-order valence-corrected chi connectivity index (χ4v) is 5.34. The van der Waals surface area contributed by atoms with Gasteiger partial charge in [-0.1, -0.05) is 47.2 Å². The summed E-state index contributed by atoms with van der Waals surface area (Å²) in [4.78, 5) is 26.5. The maximum absolute atomic E-state index is 12.5. The molecular weight excluding hydrogens is 436 g/mol. The van der Waals surface area contributed by atoms with E-state index in [9.17, 15) is 18.0 Å². The minimum atomic E-state index is -3.74. The highest BCUT2D eigenvalue weighted by Crippen LogP contribution is 2.34. The van der Waals surface area contributed by atoms with E-state index in [2.05, 4.69) is 15.5 Å². The van der Waals surface area contributed by atoms with Gasteiger partial charge in [-0.05, 0) is 31.2 Å². The van der Waals surface area contributed by atoms with Gasteiger partial charge in [0.25, 0.3) is 0 Å². The molecule has 0 saturated carbocycles. The molecule has 160 valence electrons. The lowest BCUT2D eigenvalue weighted by Gasteiger charge is -2.16. The van der Waals surface area contributed by atoms with Gasteiger partial charge in [0.1, 0.15) is 10.8 Å². The summed E-state index contributed by atoms with van der Waals surface area (Å²) in [5, 5.41) is 11.4. The van der Waals surface area contributed by atoms with Crippen LogP contribution in [0, 0.1) is 6.92 Å². The lowest BCUT2D eigenvalue weighted by atomic mass is 10.1. The number of sulfone groups is 1. The standard InChI is InChI=1S/C21H20N4O4S2/c1-14-7-9-16(10-8-14)25-12-15(11-19(25)27)20-23-24-21(30-20)22-18(26)13-31(28,29)17-5-3-2-4-6-17/h2-10,15H,11-13H2,1H3,(H,22,24,26)/t15-/m0/s1. The van der Waals surface area contributed by atoms with Crippen molar-refractivity contribution in [2.45, 2.75) is 24.2 Å². The first-order valence-electron chi connectivity index (χ1n) is 9.60. The van der Waals surface area contributed by atoms with E-state index < -0.39 is 21.5 Å². The molecule has 0 bridgehead atoms. The minimum Gasteiger partial charge on any atom is -0.312 e. The number of hydrogen-bond donors (Lipinski definition) is 1. The Hall–Kier alpha value is -3.11. The summed E-state index contributed by atoms with van der Waals surface area (Å²) >= 11 is 1.15. The van der Waals surface area contributed by atoms with Gasteiger partial charge in [-0.15, -0.1) is 10.2 Å².